The molecule has 0 aliphatic heterocycles. The predicted molar refractivity (Wildman–Crippen MR) is 55.6 cm³/mol. The molecule has 0 spiro atoms. The zero-order chi connectivity index (χ0) is 10.4. The molecule has 0 aromatic carbocycles. The molecule has 0 saturated carbocycles. The second-order valence-corrected chi connectivity index (χ2v) is 3.36. The van der Waals surface area contributed by atoms with Crippen molar-refractivity contribution >= 4 is 0 Å². The molecule has 0 radical (unpaired) electrons. The second kappa shape index (κ2) is 5.36. The van der Waals surface area contributed by atoms with Crippen LogP contribution in [0.5, 0.6) is 0 Å². The van der Waals surface area contributed by atoms with Crippen LogP contribution in [0.4, 0.5) is 0 Å². The van der Waals surface area contributed by atoms with Gasteiger partial charge < -0.3 is 4.90 Å². The number of rotatable bonds is 4. The molecule has 0 saturated heterocycles. The van der Waals surface area contributed by atoms with Crippen molar-refractivity contribution in [2.24, 2.45) is 0 Å². The molecule has 0 fully saturated rings. The number of nitrogens with zero attached hydrogens (tertiary/aromatic N) is 3. The zero-order valence-electron chi connectivity index (χ0n) is 8.70. The molecule has 74 valence electrons. The molecule has 0 amide bonds. The van der Waals surface area contributed by atoms with E-state index in [0.717, 1.165) is 25.1 Å². The maximum absolute atomic E-state index is 8.83. The smallest absolute Gasteiger partial charge is 0.144 e. The lowest BCUT2D eigenvalue weighted by Gasteiger charge is -2.15. The summed E-state index contributed by atoms with van der Waals surface area (Å²) in [5.74, 6) is 0. The van der Waals surface area contributed by atoms with Crippen LogP contribution in [0.3, 0.4) is 0 Å². The Morgan fingerprint density at radius 1 is 1.57 bits per heavy atom. The molecule has 0 aliphatic rings. The lowest BCUT2D eigenvalue weighted by atomic mass is 10.2. The molecule has 1 heterocycles. The van der Waals surface area contributed by atoms with Crippen molar-refractivity contribution in [3.05, 3.63) is 29.6 Å². The monoisotopic (exact) mass is 189 g/mol. The summed E-state index contributed by atoms with van der Waals surface area (Å²) in [6.07, 6.45) is 2.78. The van der Waals surface area contributed by atoms with Crippen LogP contribution in [0.1, 0.15) is 24.6 Å². The first kappa shape index (κ1) is 10.7. The van der Waals surface area contributed by atoms with Crippen LogP contribution in [-0.2, 0) is 6.54 Å². The van der Waals surface area contributed by atoms with Crippen molar-refractivity contribution in [1.82, 2.24) is 9.88 Å². The van der Waals surface area contributed by atoms with Crippen molar-refractivity contribution < 1.29 is 0 Å². The fourth-order valence-electron chi connectivity index (χ4n) is 1.42. The third-order valence-corrected chi connectivity index (χ3v) is 2.04. The molecule has 1 rings (SSSR count). The van der Waals surface area contributed by atoms with Gasteiger partial charge in [0.05, 0.1) is 0 Å². The first-order valence-electron chi connectivity index (χ1n) is 4.80. The third-order valence-electron chi connectivity index (χ3n) is 2.04. The Labute approximate surface area is 85.0 Å². The fourth-order valence-corrected chi connectivity index (χ4v) is 1.42. The number of pyridine rings is 1. The first-order chi connectivity index (χ1) is 6.77. The SMILES string of the molecule is CCCN(C)Cc1cccnc1C#N. The minimum absolute atomic E-state index is 0.537. The molecule has 14 heavy (non-hydrogen) atoms. The largest absolute Gasteiger partial charge is 0.302 e. The van der Waals surface area contributed by atoms with E-state index in [-0.39, 0.29) is 0 Å². The van der Waals surface area contributed by atoms with Crippen LogP contribution >= 0.6 is 0 Å². The van der Waals surface area contributed by atoms with Gasteiger partial charge in [-0.1, -0.05) is 13.0 Å². The summed E-state index contributed by atoms with van der Waals surface area (Å²) in [5, 5.41) is 8.83. The van der Waals surface area contributed by atoms with Crippen LogP contribution < -0.4 is 0 Å². The first-order valence-corrected chi connectivity index (χ1v) is 4.80. The Bertz CT molecular complexity index is 328. The van der Waals surface area contributed by atoms with Gasteiger partial charge in [0, 0.05) is 18.3 Å². The number of hydrogen-bond donors (Lipinski definition) is 0. The van der Waals surface area contributed by atoms with Gasteiger partial charge >= 0.3 is 0 Å². The van der Waals surface area contributed by atoms with E-state index < -0.39 is 0 Å². The van der Waals surface area contributed by atoms with Crippen LogP contribution in [0.25, 0.3) is 0 Å². The number of aromatic nitrogens is 1. The Morgan fingerprint density at radius 2 is 2.36 bits per heavy atom. The van der Waals surface area contributed by atoms with E-state index >= 15 is 0 Å². The molecule has 0 bridgehead atoms. The zero-order valence-corrected chi connectivity index (χ0v) is 8.70. The average Bonchev–Trinajstić information content (AvgIpc) is 2.19. The van der Waals surface area contributed by atoms with E-state index in [1.165, 1.54) is 0 Å². The molecular weight excluding hydrogens is 174 g/mol. The summed E-state index contributed by atoms with van der Waals surface area (Å²) in [6.45, 7) is 3.98. The maximum Gasteiger partial charge on any atom is 0.144 e. The Morgan fingerprint density at radius 3 is 3.00 bits per heavy atom. The van der Waals surface area contributed by atoms with Gasteiger partial charge in [-0.25, -0.2) is 4.98 Å². The van der Waals surface area contributed by atoms with Gasteiger partial charge in [0.1, 0.15) is 11.8 Å². The molecule has 3 heteroatoms. The highest BCUT2D eigenvalue weighted by Crippen LogP contribution is 2.06. The van der Waals surface area contributed by atoms with E-state index in [1.807, 2.05) is 12.1 Å². The third kappa shape index (κ3) is 2.82. The van der Waals surface area contributed by atoms with Gasteiger partial charge in [0.25, 0.3) is 0 Å². The van der Waals surface area contributed by atoms with Gasteiger partial charge in [-0.05, 0) is 26.1 Å². The second-order valence-electron chi connectivity index (χ2n) is 3.36. The van der Waals surface area contributed by atoms with Crippen LogP contribution in [-0.4, -0.2) is 23.5 Å². The van der Waals surface area contributed by atoms with Crippen molar-refractivity contribution in [1.29, 1.82) is 5.26 Å². The molecule has 0 atom stereocenters. The van der Waals surface area contributed by atoms with Crippen LogP contribution in [0.15, 0.2) is 18.3 Å². The van der Waals surface area contributed by atoms with E-state index in [2.05, 4.69) is 29.9 Å². The van der Waals surface area contributed by atoms with Crippen LogP contribution in [0.2, 0.25) is 0 Å². The molecule has 0 aliphatic carbocycles. The summed E-state index contributed by atoms with van der Waals surface area (Å²) in [5.41, 5.74) is 1.54. The summed E-state index contributed by atoms with van der Waals surface area (Å²) in [7, 11) is 2.05. The lowest BCUT2D eigenvalue weighted by molar-refractivity contribution is 0.327. The van der Waals surface area contributed by atoms with Gasteiger partial charge in [0.15, 0.2) is 0 Å². The van der Waals surface area contributed by atoms with Gasteiger partial charge in [-0.15, -0.1) is 0 Å². The van der Waals surface area contributed by atoms with Crippen molar-refractivity contribution in [3.63, 3.8) is 0 Å². The van der Waals surface area contributed by atoms with Crippen molar-refractivity contribution in [3.8, 4) is 6.07 Å². The number of nitriles is 1. The van der Waals surface area contributed by atoms with E-state index in [1.54, 1.807) is 6.20 Å². The summed E-state index contributed by atoms with van der Waals surface area (Å²) in [6, 6.07) is 5.93. The highest BCUT2D eigenvalue weighted by Gasteiger charge is 2.04. The highest BCUT2D eigenvalue weighted by molar-refractivity contribution is 5.30. The molecule has 3 nitrogen and oxygen atoms in total. The average molecular weight is 189 g/mol. The predicted octanol–water partition coefficient (Wildman–Crippen LogP) is 1.80. The minimum atomic E-state index is 0.537. The Hall–Kier alpha value is -1.40. The van der Waals surface area contributed by atoms with Gasteiger partial charge in [-0.3, -0.25) is 0 Å². The van der Waals surface area contributed by atoms with Crippen molar-refractivity contribution in [2.45, 2.75) is 19.9 Å². The van der Waals surface area contributed by atoms with Gasteiger partial charge in [-0.2, -0.15) is 5.26 Å². The van der Waals surface area contributed by atoms with E-state index in [9.17, 15) is 0 Å². The highest BCUT2D eigenvalue weighted by atomic mass is 15.1. The van der Waals surface area contributed by atoms with E-state index in [0.29, 0.717) is 5.69 Å². The van der Waals surface area contributed by atoms with Gasteiger partial charge in [0.2, 0.25) is 0 Å². The van der Waals surface area contributed by atoms with Crippen LogP contribution in [0, 0.1) is 11.3 Å². The normalized spacial score (nSPS) is 10.1. The van der Waals surface area contributed by atoms with E-state index in [4.69, 9.17) is 5.26 Å². The fraction of sp³-hybridized carbons (Fsp3) is 0.455. The molecule has 0 N–H and O–H groups in total. The molecular formula is C11H15N3. The standard InChI is InChI=1S/C11H15N3/c1-3-7-14(2)9-10-5-4-6-13-11(10)8-12/h4-6H,3,7,9H2,1-2H3. The molecule has 1 aromatic heterocycles. The van der Waals surface area contributed by atoms with Crippen molar-refractivity contribution in [2.75, 3.05) is 13.6 Å². The lowest BCUT2D eigenvalue weighted by Crippen LogP contribution is -2.19. The quantitative estimate of drug-likeness (QED) is 0.725. The Kier molecular flexibility index (Phi) is 4.09. The Balaban J connectivity index is 2.71. The maximum atomic E-state index is 8.83. The summed E-state index contributed by atoms with van der Waals surface area (Å²) < 4.78 is 0. The number of hydrogen-bond acceptors (Lipinski definition) is 3. The minimum Gasteiger partial charge on any atom is -0.302 e. The molecule has 0 unspecified atom stereocenters. The summed E-state index contributed by atoms with van der Waals surface area (Å²) >= 11 is 0. The summed E-state index contributed by atoms with van der Waals surface area (Å²) in [4.78, 5) is 6.21. The topological polar surface area (TPSA) is 39.9 Å². The molecule has 1 aromatic rings.